The molecule has 1 aliphatic rings. The Balaban J connectivity index is 1.68. The zero-order valence-electron chi connectivity index (χ0n) is 12.6. The van der Waals surface area contributed by atoms with E-state index >= 15 is 0 Å². The number of nitrogens with two attached hydrogens (primary N) is 1. The van der Waals surface area contributed by atoms with Crippen molar-refractivity contribution in [3.05, 3.63) is 62.8 Å². The number of halogens is 3. The number of amides is 1. The molecule has 0 spiro atoms. The van der Waals surface area contributed by atoms with E-state index in [0.29, 0.717) is 5.56 Å². The van der Waals surface area contributed by atoms with Crippen molar-refractivity contribution in [2.75, 3.05) is 5.75 Å². The zero-order chi connectivity index (χ0) is 17.3. The normalized spacial score (nSPS) is 17.4. The van der Waals surface area contributed by atoms with Gasteiger partial charge in [-0.1, -0.05) is 39.7 Å². The Morgan fingerprint density at radius 2 is 2.25 bits per heavy atom. The fraction of sp³-hybridized carbons (Fsp3) is 0.235. The summed E-state index contributed by atoms with van der Waals surface area (Å²) in [7, 11) is 0. The van der Waals surface area contributed by atoms with Crippen LogP contribution in [-0.2, 0) is 11.2 Å². The molecule has 7 heteroatoms. The molecule has 0 saturated heterocycles. The minimum Gasteiger partial charge on any atom is -0.347 e. The Kier molecular flexibility index (Phi) is 5.49. The lowest BCUT2D eigenvalue weighted by molar-refractivity contribution is -0.122. The van der Waals surface area contributed by atoms with Gasteiger partial charge in [0.2, 0.25) is 5.91 Å². The quantitative estimate of drug-likeness (QED) is 0.770. The predicted octanol–water partition coefficient (Wildman–Crippen LogP) is 4.07. The number of thioether (sulfide) groups is 1. The molecule has 2 unspecified atom stereocenters. The second kappa shape index (κ2) is 7.44. The molecular formula is C17H15BrClFN2OS. The molecule has 0 aromatic heterocycles. The Morgan fingerprint density at radius 3 is 3.04 bits per heavy atom. The number of carbonyl (C=O) groups is 1. The van der Waals surface area contributed by atoms with Gasteiger partial charge in [0.15, 0.2) is 0 Å². The van der Waals surface area contributed by atoms with Crippen LogP contribution in [0, 0.1) is 5.82 Å². The summed E-state index contributed by atoms with van der Waals surface area (Å²) in [5, 5.41) is 2.99. The maximum atomic E-state index is 13.9. The Hall–Kier alpha value is -1.08. The van der Waals surface area contributed by atoms with Crippen molar-refractivity contribution < 1.29 is 9.18 Å². The van der Waals surface area contributed by atoms with Crippen molar-refractivity contribution in [3.8, 4) is 0 Å². The third-order valence-corrected chi connectivity index (χ3v) is 5.85. The first-order chi connectivity index (χ1) is 11.5. The van der Waals surface area contributed by atoms with Crippen LogP contribution in [0.4, 0.5) is 4.39 Å². The summed E-state index contributed by atoms with van der Waals surface area (Å²) < 4.78 is 14.9. The van der Waals surface area contributed by atoms with E-state index < -0.39 is 11.9 Å². The average molecular weight is 430 g/mol. The molecule has 24 heavy (non-hydrogen) atoms. The zero-order valence-corrected chi connectivity index (χ0v) is 15.7. The number of hydrogen-bond donors (Lipinski definition) is 2. The van der Waals surface area contributed by atoms with Crippen molar-refractivity contribution >= 4 is 45.2 Å². The third kappa shape index (κ3) is 3.77. The van der Waals surface area contributed by atoms with Gasteiger partial charge in [0, 0.05) is 15.1 Å². The van der Waals surface area contributed by atoms with Crippen LogP contribution in [0.5, 0.6) is 0 Å². The molecule has 0 bridgehead atoms. The van der Waals surface area contributed by atoms with Crippen LogP contribution in [0.25, 0.3) is 0 Å². The molecule has 1 amide bonds. The first kappa shape index (κ1) is 17.7. The summed E-state index contributed by atoms with van der Waals surface area (Å²) in [6, 6.07) is 9.78. The molecule has 2 atom stereocenters. The van der Waals surface area contributed by atoms with Gasteiger partial charge in [-0.2, -0.15) is 0 Å². The molecule has 126 valence electrons. The average Bonchev–Trinajstić information content (AvgIpc) is 2.94. The summed E-state index contributed by atoms with van der Waals surface area (Å²) in [4.78, 5) is 13.5. The molecule has 3 rings (SSSR count). The highest BCUT2D eigenvalue weighted by molar-refractivity contribution is 9.10. The minimum atomic E-state index is -0.834. The Labute approximate surface area is 157 Å². The summed E-state index contributed by atoms with van der Waals surface area (Å²) in [5.74, 6) is -0.0589. The van der Waals surface area contributed by atoms with Crippen LogP contribution in [0.3, 0.4) is 0 Å². The predicted molar refractivity (Wildman–Crippen MR) is 98.8 cm³/mol. The van der Waals surface area contributed by atoms with E-state index in [1.165, 1.54) is 6.07 Å². The summed E-state index contributed by atoms with van der Waals surface area (Å²) >= 11 is 10.9. The van der Waals surface area contributed by atoms with E-state index in [2.05, 4.69) is 21.2 Å². The Bertz CT molecular complexity index is 789. The summed E-state index contributed by atoms with van der Waals surface area (Å²) in [6.07, 6.45) is 0.101. The molecule has 2 aromatic rings. The standard InChI is InChI=1S/C17H15BrClFN2OS/c18-10-4-5-15-11(7-10)14(8-24-15)22-17(23)13(21)6-9-2-1-3-12(19)16(9)20/h1-5,7,13-14H,6,8,21H2,(H,22,23). The van der Waals surface area contributed by atoms with E-state index in [-0.39, 0.29) is 23.4 Å². The minimum absolute atomic E-state index is 0.0334. The lowest BCUT2D eigenvalue weighted by atomic mass is 10.0. The number of rotatable bonds is 4. The van der Waals surface area contributed by atoms with E-state index in [0.717, 1.165) is 20.7 Å². The molecule has 0 radical (unpaired) electrons. The largest absolute Gasteiger partial charge is 0.347 e. The molecule has 2 aromatic carbocycles. The molecule has 0 aliphatic carbocycles. The van der Waals surface area contributed by atoms with Crippen LogP contribution >= 0.6 is 39.3 Å². The number of fused-ring (bicyclic) bond motifs is 1. The van der Waals surface area contributed by atoms with Gasteiger partial charge in [-0.25, -0.2) is 4.39 Å². The van der Waals surface area contributed by atoms with Crippen molar-refractivity contribution in [3.63, 3.8) is 0 Å². The highest BCUT2D eigenvalue weighted by Gasteiger charge is 2.27. The summed E-state index contributed by atoms with van der Waals surface area (Å²) in [5.41, 5.74) is 7.37. The van der Waals surface area contributed by atoms with Gasteiger partial charge in [-0.15, -0.1) is 11.8 Å². The fourth-order valence-corrected chi connectivity index (χ4v) is 4.33. The number of carbonyl (C=O) groups excluding carboxylic acids is 1. The highest BCUT2D eigenvalue weighted by Crippen LogP contribution is 2.39. The molecule has 1 heterocycles. The maximum absolute atomic E-state index is 13.9. The summed E-state index contributed by atoms with van der Waals surface area (Å²) in [6.45, 7) is 0. The molecule has 3 nitrogen and oxygen atoms in total. The number of nitrogens with one attached hydrogen (secondary N) is 1. The van der Waals surface area contributed by atoms with Gasteiger partial charge in [0.1, 0.15) is 5.82 Å². The van der Waals surface area contributed by atoms with Crippen molar-refractivity contribution in [2.24, 2.45) is 5.73 Å². The first-order valence-corrected chi connectivity index (χ1v) is 9.52. The van der Waals surface area contributed by atoms with E-state index in [1.807, 2.05) is 18.2 Å². The van der Waals surface area contributed by atoms with E-state index in [9.17, 15) is 9.18 Å². The molecular weight excluding hydrogens is 415 g/mol. The third-order valence-electron chi connectivity index (χ3n) is 3.88. The lowest BCUT2D eigenvalue weighted by Gasteiger charge is -2.18. The number of hydrogen-bond acceptors (Lipinski definition) is 3. The molecule has 1 aliphatic heterocycles. The van der Waals surface area contributed by atoms with Gasteiger partial charge >= 0.3 is 0 Å². The smallest absolute Gasteiger partial charge is 0.237 e. The van der Waals surface area contributed by atoms with Crippen LogP contribution in [0.1, 0.15) is 17.2 Å². The highest BCUT2D eigenvalue weighted by atomic mass is 79.9. The molecule has 0 saturated carbocycles. The van der Waals surface area contributed by atoms with Crippen LogP contribution in [-0.4, -0.2) is 17.7 Å². The first-order valence-electron chi connectivity index (χ1n) is 7.37. The second-order valence-corrected chi connectivity index (χ2v) is 7.96. The SMILES string of the molecule is NC(Cc1cccc(Cl)c1F)C(=O)NC1CSc2ccc(Br)cc21. The van der Waals surface area contributed by atoms with Crippen LogP contribution in [0.15, 0.2) is 45.8 Å². The van der Waals surface area contributed by atoms with E-state index in [4.69, 9.17) is 17.3 Å². The van der Waals surface area contributed by atoms with E-state index in [1.54, 1.807) is 23.9 Å². The maximum Gasteiger partial charge on any atom is 0.237 e. The van der Waals surface area contributed by atoms with Crippen LogP contribution < -0.4 is 11.1 Å². The van der Waals surface area contributed by atoms with Crippen molar-refractivity contribution in [1.82, 2.24) is 5.32 Å². The number of benzene rings is 2. The van der Waals surface area contributed by atoms with Gasteiger partial charge in [-0.3, -0.25) is 4.79 Å². The lowest BCUT2D eigenvalue weighted by Crippen LogP contribution is -2.43. The van der Waals surface area contributed by atoms with Gasteiger partial charge in [0.05, 0.1) is 17.1 Å². The topological polar surface area (TPSA) is 55.1 Å². The molecule has 0 fully saturated rings. The molecule has 3 N–H and O–H groups in total. The fourth-order valence-electron chi connectivity index (χ4n) is 2.62. The van der Waals surface area contributed by atoms with Crippen molar-refractivity contribution in [2.45, 2.75) is 23.4 Å². The van der Waals surface area contributed by atoms with Gasteiger partial charge in [-0.05, 0) is 41.8 Å². The Morgan fingerprint density at radius 1 is 1.46 bits per heavy atom. The second-order valence-electron chi connectivity index (χ2n) is 5.58. The van der Waals surface area contributed by atoms with Gasteiger partial charge in [0.25, 0.3) is 0 Å². The van der Waals surface area contributed by atoms with Crippen LogP contribution in [0.2, 0.25) is 5.02 Å². The van der Waals surface area contributed by atoms with Crippen molar-refractivity contribution in [1.29, 1.82) is 0 Å². The van der Waals surface area contributed by atoms with Gasteiger partial charge < -0.3 is 11.1 Å². The monoisotopic (exact) mass is 428 g/mol.